The van der Waals surface area contributed by atoms with E-state index in [2.05, 4.69) is 138 Å². The van der Waals surface area contributed by atoms with Crippen molar-refractivity contribution in [3.8, 4) is 0 Å². The second kappa shape index (κ2) is 11.9. The van der Waals surface area contributed by atoms with Crippen LogP contribution in [0, 0.1) is 0 Å². The Hall–Kier alpha value is -1.73. The van der Waals surface area contributed by atoms with Gasteiger partial charge in [-0.15, -0.1) is 0 Å². The van der Waals surface area contributed by atoms with E-state index in [1.165, 1.54) is 49.7 Å². The quantitative estimate of drug-likeness (QED) is 0.207. The number of nitrogens with one attached hydrogen (secondary N) is 2. The monoisotopic (exact) mass is 572 g/mol. The van der Waals surface area contributed by atoms with Crippen LogP contribution in [0.3, 0.4) is 0 Å². The molecule has 2 atom stereocenters. The third-order valence-electron chi connectivity index (χ3n) is 8.61. The first-order valence-electron chi connectivity index (χ1n) is 15.8. The van der Waals surface area contributed by atoms with E-state index in [9.17, 15) is 0 Å². The molecule has 2 aromatic carbocycles. The lowest BCUT2D eigenvalue weighted by molar-refractivity contribution is 0.508. The molecule has 0 saturated heterocycles. The van der Waals surface area contributed by atoms with Crippen LogP contribution >= 0.6 is 0 Å². The zero-order valence-corrected chi connectivity index (χ0v) is 29.2. The van der Waals surface area contributed by atoms with E-state index < -0.39 is 16.5 Å². The van der Waals surface area contributed by atoms with E-state index in [1.807, 2.05) is 0 Å². The van der Waals surface area contributed by atoms with Crippen molar-refractivity contribution >= 4 is 27.6 Å². The smallest absolute Gasteiger partial charge is 0.131 e. The Bertz CT molecular complexity index is 1140. The number of benzene rings is 2. The van der Waals surface area contributed by atoms with E-state index in [1.54, 1.807) is 22.3 Å². The van der Waals surface area contributed by atoms with Crippen molar-refractivity contribution in [2.45, 2.75) is 128 Å². The van der Waals surface area contributed by atoms with Gasteiger partial charge in [0.15, 0.2) is 0 Å². The highest BCUT2D eigenvalue weighted by Crippen LogP contribution is 2.44. The molecular formula is C36H56N2Si2. The molecule has 2 aliphatic carbocycles. The minimum Gasteiger partial charge on any atom is -0.332 e. The number of allylic oxidation sites excluding steroid dienone is 4. The molecule has 0 heterocycles. The highest BCUT2D eigenvalue weighted by atomic mass is 28.3. The van der Waals surface area contributed by atoms with Crippen LogP contribution in [0.1, 0.15) is 113 Å². The van der Waals surface area contributed by atoms with Crippen LogP contribution in [0.15, 0.2) is 60.7 Å². The van der Waals surface area contributed by atoms with Gasteiger partial charge in [-0.3, -0.25) is 0 Å². The highest BCUT2D eigenvalue weighted by Gasteiger charge is 2.40. The molecule has 0 bridgehead atoms. The Morgan fingerprint density at radius 1 is 0.550 bits per heavy atom. The molecular weight excluding hydrogens is 517 g/mol. The number of hydrogen-bond donors (Lipinski definition) is 2. The van der Waals surface area contributed by atoms with Gasteiger partial charge in [0, 0.05) is 22.2 Å². The van der Waals surface area contributed by atoms with Crippen molar-refractivity contribution in [3.05, 3.63) is 82.9 Å². The van der Waals surface area contributed by atoms with E-state index in [0.717, 1.165) is 0 Å². The van der Waals surface area contributed by atoms with Gasteiger partial charge in [-0.25, -0.2) is 0 Å². The maximum absolute atomic E-state index is 4.03. The summed E-state index contributed by atoms with van der Waals surface area (Å²) in [5.74, 6) is 0. The summed E-state index contributed by atoms with van der Waals surface area (Å²) in [6, 6.07) is 18.4. The van der Waals surface area contributed by atoms with E-state index >= 15 is 0 Å². The average Bonchev–Trinajstić information content (AvgIpc) is 3.38. The zero-order valence-electron chi connectivity index (χ0n) is 27.2. The second-order valence-electron chi connectivity index (χ2n) is 15.6. The Morgan fingerprint density at radius 2 is 0.900 bits per heavy atom. The number of rotatable bonds is 11. The average molecular weight is 573 g/mol. The lowest BCUT2D eigenvalue weighted by Crippen LogP contribution is -2.57. The molecule has 0 fully saturated rings. The molecule has 0 aliphatic heterocycles. The standard InChI is InChI=1S/C36H56N2Si2/c1-35(2,3)37-39(7,8)33-25-27(29-21-15-17-23-31(29)33)19-13-11-12-14-20-28-26-34(32-24-18-16-22-30(28)32)40(9,10)38-36(4,5)6/h15-18,21-26,33-34,37-38H,11-14,19-20H2,1-10H3. The summed E-state index contributed by atoms with van der Waals surface area (Å²) in [6.45, 7) is 23.8. The maximum Gasteiger partial charge on any atom is 0.131 e. The first-order chi connectivity index (χ1) is 18.6. The molecule has 0 spiro atoms. The van der Waals surface area contributed by atoms with E-state index in [0.29, 0.717) is 11.1 Å². The third-order valence-corrected chi connectivity index (χ3v) is 15.5. The van der Waals surface area contributed by atoms with Gasteiger partial charge in [0.2, 0.25) is 0 Å². The summed E-state index contributed by atoms with van der Waals surface area (Å²) in [6.07, 6.45) is 12.9. The molecule has 40 heavy (non-hydrogen) atoms. The first-order valence-corrected chi connectivity index (χ1v) is 21.9. The number of fused-ring (bicyclic) bond motifs is 2. The van der Waals surface area contributed by atoms with Gasteiger partial charge in [0.1, 0.15) is 16.5 Å². The predicted molar refractivity (Wildman–Crippen MR) is 183 cm³/mol. The lowest BCUT2D eigenvalue weighted by Gasteiger charge is -2.37. The molecule has 0 radical (unpaired) electrons. The van der Waals surface area contributed by atoms with Gasteiger partial charge in [-0.1, -0.05) is 99.7 Å². The Morgan fingerprint density at radius 3 is 1.25 bits per heavy atom. The number of unbranched alkanes of at least 4 members (excludes halogenated alkanes) is 3. The fourth-order valence-electron chi connectivity index (χ4n) is 7.59. The zero-order chi connectivity index (χ0) is 29.3. The summed E-state index contributed by atoms with van der Waals surface area (Å²) in [7, 11) is -3.34. The predicted octanol–water partition coefficient (Wildman–Crippen LogP) is 9.95. The van der Waals surface area contributed by atoms with Gasteiger partial charge < -0.3 is 9.96 Å². The lowest BCUT2D eigenvalue weighted by atomic mass is 9.98. The van der Waals surface area contributed by atoms with Crippen LogP contribution in [-0.2, 0) is 0 Å². The van der Waals surface area contributed by atoms with Gasteiger partial charge in [0.05, 0.1) is 0 Å². The maximum atomic E-state index is 4.03. The molecule has 2 aliphatic rings. The molecule has 4 heteroatoms. The highest BCUT2D eigenvalue weighted by molar-refractivity contribution is 6.77. The molecule has 4 rings (SSSR count). The summed E-state index contributed by atoms with van der Waals surface area (Å²) in [5.41, 5.74) is 10.7. The van der Waals surface area contributed by atoms with E-state index in [4.69, 9.17) is 0 Å². The topological polar surface area (TPSA) is 24.1 Å². The molecule has 0 saturated carbocycles. The normalized spacial score (nSPS) is 19.4. The fraction of sp³-hybridized carbons (Fsp3) is 0.556. The minimum absolute atomic E-state index is 0.150. The molecule has 0 aromatic heterocycles. The van der Waals surface area contributed by atoms with Crippen molar-refractivity contribution in [1.29, 1.82) is 0 Å². The van der Waals surface area contributed by atoms with Gasteiger partial charge >= 0.3 is 0 Å². The molecule has 2 nitrogen and oxygen atoms in total. The first kappa shape index (κ1) is 31.2. The Labute approximate surface area is 248 Å². The molecule has 2 N–H and O–H groups in total. The van der Waals surface area contributed by atoms with Gasteiger partial charge in [-0.2, -0.15) is 0 Å². The molecule has 2 unspecified atom stereocenters. The third kappa shape index (κ3) is 7.56. The number of hydrogen-bond acceptors (Lipinski definition) is 2. The Balaban J connectivity index is 1.33. The summed E-state index contributed by atoms with van der Waals surface area (Å²) >= 11 is 0. The second-order valence-corrected chi connectivity index (χ2v) is 24.3. The summed E-state index contributed by atoms with van der Waals surface area (Å²) in [5, 5.41) is 0. The van der Waals surface area contributed by atoms with Crippen molar-refractivity contribution in [2.24, 2.45) is 0 Å². The largest absolute Gasteiger partial charge is 0.332 e. The van der Waals surface area contributed by atoms with Gasteiger partial charge in [-0.05, 0) is 101 Å². The van der Waals surface area contributed by atoms with Crippen molar-refractivity contribution in [1.82, 2.24) is 9.96 Å². The van der Waals surface area contributed by atoms with Crippen LogP contribution in [0.4, 0.5) is 0 Å². The van der Waals surface area contributed by atoms with Crippen LogP contribution in [-0.4, -0.2) is 27.5 Å². The van der Waals surface area contributed by atoms with Crippen molar-refractivity contribution < 1.29 is 0 Å². The van der Waals surface area contributed by atoms with Crippen LogP contribution in [0.25, 0.3) is 11.1 Å². The molecule has 2 aromatic rings. The SMILES string of the molecule is CC(C)(C)N[Si](C)(C)C1C=C(CCCCCCC2=CC([Si](C)(C)NC(C)(C)C)c3ccccc32)c2ccccc21. The summed E-state index contributed by atoms with van der Waals surface area (Å²) < 4.78 is 0. The van der Waals surface area contributed by atoms with Crippen LogP contribution in [0.2, 0.25) is 26.2 Å². The van der Waals surface area contributed by atoms with Gasteiger partial charge in [0.25, 0.3) is 0 Å². The molecule has 218 valence electrons. The summed E-state index contributed by atoms with van der Waals surface area (Å²) in [4.78, 5) is 8.05. The minimum atomic E-state index is -1.67. The van der Waals surface area contributed by atoms with Crippen LogP contribution < -0.4 is 9.96 Å². The van der Waals surface area contributed by atoms with Crippen molar-refractivity contribution in [2.75, 3.05) is 0 Å². The van der Waals surface area contributed by atoms with Crippen LogP contribution in [0.5, 0.6) is 0 Å². The van der Waals surface area contributed by atoms with Crippen molar-refractivity contribution in [3.63, 3.8) is 0 Å². The van der Waals surface area contributed by atoms with E-state index in [-0.39, 0.29) is 11.1 Å². The fourth-order valence-corrected chi connectivity index (χ4v) is 15.1. The Kier molecular flexibility index (Phi) is 9.26. The molecule has 0 amide bonds.